The fourth-order valence-electron chi connectivity index (χ4n) is 1.66. The first-order chi connectivity index (χ1) is 7.99. The number of hydrogen-bond donors (Lipinski definition) is 1. The van der Waals surface area contributed by atoms with Gasteiger partial charge in [-0.1, -0.05) is 0 Å². The molecule has 1 amide bonds. The zero-order valence-corrected chi connectivity index (χ0v) is 11.2. The van der Waals surface area contributed by atoms with Gasteiger partial charge in [0.1, 0.15) is 0 Å². The molecule has 0 aliphatic carbocycles. The van der Waals surface area contributed by atoms with Crippen molar-refractivity contribution < 1.29 is 4.79 Å². The SMILES string of the molecule is Cc1csc(NC(=O)c2cc(C)n(C)c2C)n1. The first-order valence-electron chi connectivity index (χ1n) is 5.35. The van der Waals surface area contributed by atoms with Gasteiger partial charge in [-0.25, -0.2) is 4.98 Å². The van der Waals surface area contributed by atoms with E-state index in [1.54, 1.807) is 0 Å². The van der Waals surface area contributed by atoms with Crippen molar-refractivity contribution in [2.75, 3.05) is 5.32 Å². The van der Waals surface area contributed by atoms with Gasteiger partial charge in [-0.15, -0.1) is 11.3 Å². The van der Waals surface area contributed by atoms with E-state index in [9.17, 15) is 4.79 Å². The largest absolute Gasteiger partial charge is 0.351 e. The number of rotatable bonds is 2. The van der Waals surface area contributed by atoms with Gasteiger partial charge in [0.25, 0.3) is 5.91 Å². The summed E-state index contributed by atoms with van der Waals surface area (Å²) in [6.45, 7) is 5.83. The average Bonchev–Trinajstić information content (AvgIpc) is 2.78. The molecule has 0 fully saturated rings. The van der Waals surface area contributed by atoms with Crippen LogP contribution in [0.15, 0.2) is 11.4 Å². The Hall–Kier alpha value is -1.62. The number of hydrogen-bond acceptors (Lipinski definition) is 3. The molecule has 0 aliphatic rings. The molecule has 2 aromatic rings. The smallest absolute Gasteiger partial charge is 0.259 e. The quantitative estimate of drug-likeness (QED) is 0.889. The topological polar surface area (TPSA) is 46.9 Å². The van der Waals surface area contributed by atoms with Crippen LogP contribution in [0.3, 0.4) is 0 Å². The number of nitrogens with one attached hydrogen (secondary N) is 1. The van der Waals surface area contributed by atoms with Gasteiger partial charge in [-0.3, -0.25) is 10.1 Å². The highest BCUT2D eigenvalue weighted by Crippen LogP contribution is 2.18. The maximum Gasteiger partial charge on any atom is 0.259 e. The second kappa shape index (κ2) is 4.33. The molecule has 4 nitrogen and oxygen atoms in total. The Kier molecular flexibility index (Phi) is 3.02. The molecular formula is C12H15N3OS. The highest BCUT2D eigenvalue weighted by molar-refractivity contribution is 7.13. The number of thiazole rings is 1. The summed E-state index contributed by atoms with van der Waals surface area (Å²) < 4.78 is 2.00. The van der Waals surface area contributed by atoms with E-state index in [-0.39, 0.29) is 5.91 Å². The molecule has 90 valence electrons. The standard InChI is InChI=1S/C12H15N3OS/c1-7-6-17-12(13-7)14-11(16)10-5-8(2)15(4)9(10)3/h5-6H,1-4H3,(H,13,14,16). The first kappa shape index (κ1) is 11.9. The Morgan fingerprint density at radius 1 is 1.41 bits per heavy atom. The third-order valence-corrected chi connectivity index (χ3v) is 3.73. The Morgan fingerprint density at radius 3 is 2.59 bits per heavy atom. The van der Waals surface area contributed by atoms with Gasteiger partial charge in [-0.05, 0) is 26.8 Å². The molecule has 0 aliphatic heterocycles. The van der Waals surface area contributed by atoms with Crippen molar-refractivity contribution >= 4 is 22.4 Å². The zero-order valence-electron chi connectivity index (χ0n) is 10.4. The zero-order chi connectivity index (χ0) is 12.6. The maximum atomic E-state index is 12.1. The second-order valence-corrected chi connectivity index (χ2v) is 4.95. The lowest BCUT2D eigenvalue weighted by atomic mass is 10.2. The van der Waals surface area contributed by atoms with E-state index in [0.717, 1.165) is 17.1 Å². The number of amides is 1. The average molecular weight is 249 g/mol. The van der Waals surface area contributed by atoms with Crippen molar-refractivity contribution in [1.82, 2.24) is 9.55 Å². The molecule has 17 heavy (non-hydrogen) atoms. The highest BCUT2D eigenvalue weighted by Gasteiger charge is 2.14. The van der Waals surface area contributed by atoms with Crippen LogP contribution in [0.5, 0.6) is 0 Å². The van der Waals surface area contributed by atoms with Crippen LogP contribution in [0.25, 0.3) is 0 Å². The lowest BCUT2D eigenvalue weighted by Gasteiger charge is -2.02. The minimum absolute atomic E-state index is 0.0967. The predicted octanol–water partition coefficient (Wildman–Crippen LogP) is 2.66. The first-order valence-corrected chi connectivity index (χ1v) is 6.23. The summed E-state index contributed by atoms with van der Waals surface area (Å²) in [5.74, 6) is -0.0967. The minimum Gasteiger partial charge on any atom is -0.351 e. The second-order valence-electron chi connectivity index (χ2n) is 4.09. The molecule has 0 unspecified atom stereocenters. The van der Waals surface area contributed by atoms with Gasteiger partial charge in [0.15, 0.2) is 5.13 Å². The minimum atomic E-state index is -0.0967. The van der Waals surface area contributed by atoms with Crippen LogP contribution >= 0.6 is 11.3 Å². The van der Waals surface area contributed by atoms with Gasteiger partial charge in [-0.2, -0.15) is 0 Å². The van der Waals surface area contributed by atoms with Gasteiger partial charge in [0.2, 0.25) is 0 Å². The Bertz CT molecular complexity index is 568. The maximum absolute atomic E-state index is 12.1. The molecule has 0 radical (unpaired) electrons. The van der Waals surface area contributed by atoms with E-state index in [1.165, 1.54) is 11.3 Å². The van der Waals surface area contributed by atoms with E-state index >= 15 is 0 Å². The number of anilines is 1. The van der Waals surface area contributed by atoms with Gasteiger partial charge >= 0.3 is 0 Å². The van der Waals surface area contributed by atoms with Crippen molar-refractivity contribution in [3.8, 4) is 0 Å². The van der Waals surface area contributed by atoms with Gasteiger partial charge in [0, 0.05) is 23.8 Å². The lowest BCUT2D eigenvalue weighted by Crippen LogP contribution is -2.12. The van der Waals surface area contributed by atoms with Crippen LogP contribution in [0.1, 0.15) is 27.4 Å². The van der Waals surface area contributed by atoms with Crippen LogP contribution in [0, 0.1) is 20.8 Å². The molecule has 0 aromatic carbocycles. The molecular weight excluding hydrogens is 234 g/mol. The Morgan fingerprint density at radius 2 is 2.12 bits per heavy atom. The van der Waals surface area contributed by atoms with Crippen LogP contribution in [0.2, 0.25) is 0 Å². The summed E-state index contributed by atoms with van der Waals surface area (Å²) in [6.07, 6.45) is 0. The van der Waals surface area contributed by atoms with Crippen molar-refractivity contribution in [2.45, 2.75) is 20.8 Å². The summed E-state index contributed by atoms with van der Waals surface area (Å²) >= 11 is 1.44. The van der Waals surface area contributed by atoms with E-state index in [1.807, 2.05) is 43.8 Å². The number of aromatic nitrogens is 2. The summed E-state index contributed by atoms with van der Waals surface area (Å²) in [4.78, 5) is 16.3. The van der Waals surface area contributed by atoms with Crippen molar-refractivity contribution in [3.05, 3.63) is 34.1 Å². The monoisotopic (exact) mass is 249 g/mol. The van der Waals surface area contributed by atoms with Crippen molar-refractivity contribution in [3.63, 3.8) is 0 Å². The molecule has 2 rings (SSSR count). The van der Waals surface area contributed by atoms with E-state index in [0.29, 0.717) is 10.7 Å². The molecule has 0 bridgehead atoms. The van der Waals surface area contributed by atoms with E-state index < -0.39 is 0 Å². The highest BCUT2D eigenvalue weighted by atomic mass is 32.1. The van der Waals surface area contributed by atoms with E-state index in [4.69, 9.17) is 0 Å². The molecule has 2 aromatic heterocycles. The fraction of sp³-hybridized carbons (Fsp3) is 0.333. The Balaban J connectivity index is 2.23. The summed E-state index contributed by atoms with van der Waals surface area (Å²) in [6, 6.07) is 1.89. The van der Waals surface area contributed by atoms with Crippen LogP contribution in [-0.4, -0.2) is 15.5 Å². The Labute approximate surface area is 104 Å². The molecule has 2 heterocycles. The van der Waals surface area contributed by atoms with Gasteiger partial charge < -0.3 is 4.57 Å². The molecule has 1 N–H and O–H groups in total. The molecule has 0 atom stereocenters. The predicted molar refractivity (Wildman–Crippen MR) is 69.7 cm³/mol. The lowest BCUT2D eigenvalue weighted by molar-refractivity contribution is 0.102. The van der Waals surface area contributed by atoms with Crippen molar-refractivity contribution in [2.24, 2.45) is 7.05 Å². The molecule has 0 saturated heterocycles. The number of carbonyl (C=O) groups is 1. The third-order valence-electron chi connectivity index (χ3n) is 2.86. The van der Waals surface area contributed by atoms with Crippen molar-refractivity contribution in [1.29, 1.82) is 0 Å². The summed E-state index contributed by atoms with van der Waals surface area (Å²) in [7, 11) is 1.95. The molecule has 5 heteroatoms. The number of aryl methyl sites for hydroxylation is 2. The fourth-order valence-corrected chi connectivity index (χ4v) is 2.34. The van der Waals surface area contributed by atoms with Gasteiger partial charge in [0.05, 0.1) is 11.3 Å². The molecule has 0 spiro atoms. The number of carbonyl (C=O) groups excluding carboxylic acids is 1. The molecule has 0 saturated carbocycles. The normalized spacial score (nSPS) is 10.6. The van der Waals surface area contributed by atoms with Crippen LogP contribution in [0.4, 0.5) is 5.13 Å². The van der Waals surface area contributed by atoms with Crippen LogP contribution in [-0.2, 0) is 7.05 Å². The van der Waals surface area contributed by atoms with Crippen LogP contribution < -0.4 is 5.32 Å². The number of nitrogens with zero attached hydrogens (tertiary/aromatic N) is 2. The van der Waals surface area contributed by atoms with E-state index in [2.05, 4.69) is 10.3 Å². The third kappa shape index (κ3) is 2.24. The summed E-state index contributed by atoms with van der Waals surface area (Å²) in [5, 5.41) is 5.38. The summed E-state index contributed by atoms with van der Waals surface area (Å²) in [5.41, 5.74) is 3.67.